The molecule has 4 aromatic rings. The number of benzene rings is 2. The van der Waals surface area contributed by atoms with Gasteiger partial charge in [0.2, 0.25) is 0 Å². The Morgan fingerprint density at radius 1 is 0.645 bits per heavy atom. The van der Waals surface area contributed by atoms with E-state index in [9.17, 15) is 19.8 Å². The second-order valence-electron chi connectivity index (χ2n) is 5.72. The van der Waals surface area contributed by atoms with E-state index in [1.165, 1.54) is 12.1 Å². The van der Waals surface area contributed by atoms with Crippen LogP contribution in [-0.2, 0) is 20.4 Å². The van der Waals surface area contributed by atoms with Crippen LogP contribution in [0.1, 0.15) is 20.7 Å². The zero-order valence-corrected chi connectivity index (χ0v) is 28.5. The molecule has 11 heteroatoms. The number of aromatic nitrogens is 2. The third-order valence-corrected chi connectivity index (χ3v) is 4.13. The Hall–Kier alpha value is 1.60. The quantitative estimate of drug-likeness (QED) is 0.151. The Kier molecular flexibility index (Phi) is 17.4. The van der Waals surface area contributed by atoms with Gasteiger partial charge in [0.25, 0.3) is 0 Å². The third kappa shape index (κ3) is 7.79. The molecule has 0 atom stereocenters. The Morgan fingerprint density at radius 2 is 0.968 bits per heavy atom. The summed E-state index contributed by atoms with van der Waals surface area (Å²) < 4.78 is 0. The Bertz CT molecular complexity index is 1130. The summed E-state index contributed by atoms with van der Waals surface area (Å²) >= 11 is 0. The van der Waals surface area contributed by atoms with E-state index in [4.69, 9.17) is 0 Å². The van der Waals surface area contributed by atoms with Gasteiger partial charge in [-0.05, 0) is 24.3 Å². The largest absolute Gasteiger partial charge is 2.00 e. The molecule has 0 aliphatic rings. The van der Waals surface area contributed by atoms with Gasteiger partial charge in [0.05, 0.1) is 34.4 Å². The van der Waals surface area contributed by atoms with Gasteiger partial charge in [-0.3, -0.25) is 0 Å². The summed E-state index contributed by atoms with van der Waals surface area (Å²) in [6.45, 7) is 0. The van der Waals surface area contributed by atoms with Crippen molar-refractivity contribution < 1.29 is 191 Å². The van der Waals surface area contributed by atoms with E-state index in [2.05, 4.69) is 9.97 Å². The van der Waals surface area contributed by atoms with Gasteiger partial charge in [0, 0.05) is 21.9 Å². The van der Waals surface area contributed by atoms with Crippen LogP contribution >= 0.6 is 0 Å². The van der Waals surface area contributed by atoms with Gasteiger partial charge in [-0.2, -0.15) is 0 Å². The van der Waals surface area contributed by atoms with Crippen LogP contribution in [0.5, 0.6) is 0 Å². The number of carboxylic acid groups (broad SMARTS) is 2. The van der Waals surface area contributed by atoms with Crippen LogP contribution in [0.3, 0.4) is 0 Å². The number of carbonyl (C=O) groups is 2. The number of para-hydroxylation sites is 2. The zero-order chi connectivity index (χ0) is 18.3. The number of aromatic carboxylic acids is 2. The number of pyridine rings is 2. The van der Waals surface area contributed by atoms with Crippen molar-refractivity contribution in [1.29, 1.82) is 0 Å². The smallest absolute Gasteiger partial charge is 1.00 e. The van der Waals surface area contributed by atoms with Gasteiger partial charge in [-0.1, -0.05) is 36.4 Å². The summed E-state index contributed by atoms with van der Waals surface area (Å²) in [5.74, 6) is -2.68. The van der Waals surface area contributed by atoms with Crippen LogP contribution in [0.15, 0.2) is 60.7 Å². The molecule has 0 saturated heterocycles. The third-order valence-electron chi connectivity index (χ3n) is 4.13. The van der Waals surface area contributed by atoms with E-state index < -0.39 is 11.9 Å². The number of fused-ring (bicyclic) bond motifs is 2. The maximum Gasteiger partial charge on any atom is 2.00 e. The van der Waals surface area contributed by atoms with E-state index in [0.717, 1.165) is 0 Å². The van der Waals surface area contributed by atoms with Gasteiger partial charge < -0.3 is 67.8 Å². The van der Waals surface area contributed by atoms with Crippen LogP contribution in [0.25, 0.3) is 33.2 Å². The summed E-state index contributed by atoms with van der Waals surface area (Å²) in [6.07, 6.45) is 0. The molecular weight excluding hydrogens is 771 g/mol. The first-order chi connectivity index (χ1) is 12.5. The van der Waals surface area contributed by atoms with E-state index in [1.807, 2.05) is 0 Å². The van der Waals surface area contributed by atoms with E-state index >= 15 is 0 Å². The molecule has 0 spiro atoms. The van der Waals surface area contributed by atoms with Crippen LogP contribution in [0.2, 0.25) is 0 Å². The fourth-order valence-electron chi connectivity index (χ4n) is 2.95. The fraction of sp³-hybridized carbons (Fsp3) is 0. The van der Waals surface area contributed by atoms with Gasteiger partial charge in [-0.25, -0.2) is 9.97 Å². The van der Waals surface area contributed by atoms with Crippen LogP contribution in [-0.4, -0.2) is 21.9 Å². The first-order valence-corrected chi connectivity index (χ1v) is 7.77. The van der Waals surface area contributed by atoms with Crippen molar-refractivity contribution in [2.45, 2.75) is 0 Å². The molecule has 4 rings (SSSR count). The monoisotopic (exact) mass is 780 g/mol. The molecular formula is C20H10I2K2N2O4Pd. The zero-order valence-electron chi connectivity index (χ0n) is 16.4. The van der Waals surface area contributed by atoms with E-state index in [-0.39, 0.29) is 194 Å². The maximum absolute atomic E-state index is 11.5. The number of carboxylic acids is 2. The van der Waals surface area contributed by atoms with Gasteiger partial charge >= 0.3 is 123 Å². The minimum absolute atomic E-state index is 0. The van der Waals surface area contributed by atoms with Crippen molar-refractivity contribution in [2.24, 2.45) is 0 Å². The molecule has 0 saturated carbocycles. The van der Waals surface area contributed by atoms with Crippen LogP contribution < -0.4 is 161 Å². The standard InChI is InChI=1S/C20H12N2O4.2HI.2K.Pd/c23-19(24)13-9-17(21-15-7-3-1-5-11(13)15)18-10-14(20(25)26)12-6-2-4-8-16(12)22-18;;;;;/h1-10H,(H,23,24)(H,25,26);2*1H;;;/q;;;2*+1;+2/p-4. The SMILES string of the molecule is O=C([O-])c1cc(-c2cc(C(=O)[O-])c3ccccc3n2)nc2ccccc12.[I-].[I-].[K+].[K+].[Pd+2]. The van der Waals surface area contributed by atoms with Crippen molar-refractivity contribution in [3.8, 4) is 11.4 Å². The number of nitrogens with zero attached hydrogens (tertiary/aromatic N) is 2. The fourth-order valence-corrected chi connectivity index (χ4v) is 2.95. The van der Waals surface area contributed by atoms with Crippen LogP contribution in [0, 0.1) is 0 Å². The molecule has 0 N–H and O–H groups in total. The predicted octanol–water partition coefficient (Wildman–Crippen LogP) is -10.8. The normalized spacial score (nSPS) is 9.16. The summed E-state index contributed by atoms with van der Waals surface area (Å²) in [6, 6.07) is 16.2. The number of hydrogen-bond donors (Lipinski definition) is 0. The van der Waals surface area contributed by atoms with Crippen molar-refractivity contribution in [3.63, 3.8) is 0 Å². The van der Waals surface area contributed by atoms with Crippen molar-refractivity contribution >= 4 is 33.7 Å². The summed E-state index contributed by atoms with van der Waals surface area (Å²) in [4.78, 5) is 31.9. The minimum Gasteiger partial charge on any atom is -1.00 e. The molecule has 0 fully saturated rings. The number of halogens is 2. The van der Waals surface area contributed by atoms with Crippen molar-refractivity contribution in [3.05, 3.63) is 71.8 Å². The maximum atomic E-state index is 11.5. The average Bonchev–Trinajstić information content (AvgIpc) is 2.66. The van der Waals surface area contributed by atoms with Crippen LogP contribution in [0.4, 0.5) is 0 Å². The molecule has 6 nitrogen and oxygen atoms in total. The molecule has 0 amide bonds. The molecule has 0 radical (unpaired) electrons. The number of rotatable bonds is 3. The molecule has 2 aromatic heterocycles. The first-order valence-electron chi connectivity index (χ1n) is 7.77. The molecule has 2 heterocycles. The Morgan fingerprint density at radius 3 is 1.29 bits per heavy atom. The second kappa shape index (κ2) is 15.6. The van der Waals surface area contributed by atoms with Crippen molar-refractivity contribution in [1.82, 2.24) is 9.97 Å². The molecule has 31 heavy (non-hydrogen) atoms. The van der Waals surface area contributed by atoms with E-state index in [0.29, 0.717) is 21.8 Å². The van der Waals surface area contributed by atoms with E-state index in [1.54, 1.807) is 48.5 Å². The molecule has 0 aliphatic carbocycles. The second-order valence-corrected chi connectivity index (χ2v) is 5.72. The molecule has 0 aliphatic heterocycles. The van der Waals surface area contributed by atoms with Gasteiger partial charge in [-0.15, -0.1) is 0 Å². The summed E-state index contributed by atoms with van der Waals surface area (Å²) in [5.41, 5.74) is 1.33. The number of hydrogen-bond acceptors (Lipinski definition) is 6. The number of carbonyl (C=O) groups excluding carboxylic acids is 2. The molecule has 2 aromatic carbocycles. The Balaban J connectivity index is 0. The molecule has 0 unspecified atom stereocenters. The Labute approximate surface area is 311 Å². The average molecular weight is 781 g/mol. The summed E-state index contributed by atoms with van der Waals surface area (Å²) in [7, 11) is 0. The predicted molar refractivity (Wildman–Crippen MR) is 91.1 cm³/mol. The van der Waals surface area contributed by atoms with Crippen molar-refractivity contribution in [2.75, 3.05) is 0 Å². The minimum atomic E-state index is -1.34. The van der Waals surface area contributed by atoms with Gasteiger partial charge in [0.15, 0.2) is 0 Å². The topological polar surface area (TPSA) is 106 Å². The molecule has 150 valence electrons. The summed E-state index contributed by atoms with van der Waals surface area (Å²) in [5, 5.41) is 23.9. The molecule has 0 bridgehead atoms. The first kappa shape index (κ1) is 34.8. The van der Waals surface area contributed by atoms with Gasteiger partial charge in [0.1, 0.15) is 0 Å².